The van der Waals surface area contributed by atoms with Crippen LogP contribution in [-0.2, 0) is 12.8 Å². The summed E-state index contributed by atoms with van der Waals surface area (Å²) in [4.78, 5) is 15.5. The lowest BCUT2D eigenvalue weighted by Gasteiger charge is -2.00. The second-order valence-electron chi connectivity index (χ2n) is 3.94. The van der Waals surface area contributed by atoms with Crippen molar-refractivity contribution in [1.82, 2.24) is 4.98 Å². The number of hydrogen-bond donors (Lipinski definition) is 1. The van der Waals surface area contributed by atoms with Crippen LogP contribution < -0.4 is 0 Å². The molecule has 0 aliphatic rings. The van der Waals surface area contributed by atoms with Gasteiger partial charge in [-0.25, -0.2) is 14.2 Å². The molecule has 94 valence electrons. The molecule has 0 aliphatic heterocycles. The molecule has 0 aliphatic carbocycles. The normalized spacial score (nSPS) is 10.6. The van der Waals surface area contributed by atoms with E-state index in [9.17, 15) is 9.18 Å². The Labute approximate surface area is 108 Å². The van der Waals surface area contributed by atoms with E-state index in [1.165, 1.54) is 23.5 Å². The van der Waals surface area contributed by atoms with Gasteiger partial charge in [-0.3, -0.25) is 0 Å². The molecule has 0 unspecified atom stereocenters. The molecule has 1 aromatic heterocycles. The molecule has 0 fully saturated rings. The third-order valence-corrected chi connectivity index (χ3v) is 3.56. The number of aromatic nitrogens is 1. The first-order valence-electron chi connectivity index (χ1n) is 5.50. The molecule has 0 amide bonds. The Morgan fingerprint density at radius 3 is 2.61 bits per heavy atom. The minimum absolute atomic E-state index is 0.269. The number of rotatable bonds is 4. The molecular formula is C13H12FNO2S. The van der Waals surface area contributed by atoms with Gasteiger partial charge in [0, 0.05) is 0 Å². The van der Waals surface area contributed by atoms with E-state index in [1.807, 2.05) is 0 Å². The summed E-state index contributed by atoms with van der Waals surface area (Å²) >= 11 is 1.19. The lowest BCUT2D eigenvalue weighted by atomic mass is 10.1. The quantitative estimate of drug-likeness (QED) is 0.924. The first kappa shape index (κ1) is 12.7. The summed E-state index contributed by atoms with van der Waals surface area (Å²) in [5.41, 5.74) is 1.58. The predicted molar refractivity (Wildman–Crippen MR) is 67.6 cm³/mol. The molecule has 2 rings (SSSR count). The van der Waals surface area contributed by atoms with Crippen LogP contribution in [-0.4, -0.2) is 16.1 Å². The number of carboxylic acid groups (broad SMARTS) is 1. The summed E-state index contributed by atoms with van der Waals surface area (Å²) in [5.74, 6) is -1.20. The Kier molecular flexibility index (Phi) is 3.72. The lowest BCUT2D eigenvalue weighted by molar-refractivity contribution is 0.0700. The second-order valence-corrected chi connectivity index (χ2v) is 5.14. The number of aryl methyl sites for hydroxylation is 3. The highest BCUT2D eigenvalue weighted by Crippen LogP contribution is 2.19. The molecular weight excluding hydrogens is 253 g/mol. The van der Waals surface area contributed by atoms with Crippen LogP contribution in [0.4, 0.5) is 4.39 Å². The van der Waals surface area contributed by atoms with Crippen LogP contribution in [0.3, 0.4) is 0 Å². The predicted octanol–water partition coefficient (Wildman–Crippen LogP) is 3.07. The molecule has 3 nitrogen and oxygen atoms in total. The molecule has 1 N–H and O–H groups in total. The molecule has 5 heteroatoms. The van der Waals surface area contributed by atoms with Crippen LogP contribution >= 0.6 is 11.3 Å². The number of nitrogens with zero attached hydrogens (tertiary/aromatic N) is 1. The van der Waals surface area contributed by atoms with Crippen molar-refractivity contribution in [3.8, 4) is 0 Å². The number of benzene rings is 1. The van der Waals surface area contributed by atoms with Crippen LogP contribution in [0.5, 0.6) is 0 Å². The van der Waals surface area contributed by atoms with Gasteiger partial charge in [0.1, 0.15) is 10.7 Å². The fourth-order valence-corrected chi connectivity index (χ4v) is 2.52. The van der Waals surface area contributed by atoms with Crippen molar-refractivity contribution < 1.29 is 14.3 Å². The maximum atomic E-state index is 12.7. The number of carboxylic acids is 1. The van der Waals surface area contributed by atoms with Crippen molar-refractivity contribution in [2.24, 2.45) is 0 Å². The Balaban J connectivity index is 2.10. The van der Waals surface area contributed by atoms with Crippen molar-refractivity contribution in [3.63, 3.8) is 0 Å². The zero-order valence-electron chi connectivity index (χ0n) is 9.81. The molecule has 0 saturated carbocycles. The second kappa shape index (κ2) is 5.27. The standard InChI is InChI=1S/C13H12FNO2S/c1-8-15-11(12(18-8)13(16)17)7-4-9-2-5-10(14)6-3-9/h2-3,5-6H,4,7H2,1H3,(H,16,17). The highest BCUT2D eigenvalue weighted by molar-refractivity contribution is 7.13. The van der Waals surface area contributed by atoms with Crippen molar-refractivity contribution in [1.29, 1.82) is 0 Å². The van der Waals surface area contributed by atoms with Crippen molar-refractivity contribution in [2.45, 2.75) is 19.8 Å². The highest BCUT2D eigenvalue weighted by atomic mass is 32.1. The van der Waals surface area contributed by atoms with E-state index in [0.717, 1.165) is 10.6 Å². The Bertz CT molecular complexity index is 563. The number of aromatic carboxylic acids is 1. The molecule has 0 spiro atoms. The van der Waals surface area contributed by atoms with Gasteiger partial charge in [0.25, 0.3) is 0 Å². The third-order valence-electron chi connectivity index (χ3n) is 2.56. The van der Waals surface area contributed by atoms with Gasteiger partial charge in [-0.2, -0.15) is 0 Å². The first-order chi connectivity index (χ1) is 8.56. The fourth-order valence-electron chi connectivity index (χ4n) is 1.72. The van der Waals surface area contributed by atoms with Crippen molar-refractivity contribution in [3.05, 3.63) is 51.2 Å². The summed E-state index contributed by atoms with van der Waals surface area (Å²) in [5, 5.41) is 9.78. The minimum Gasteiger partial charge on any atom is -0.477 e. The molecule has 1 heterocycles. The van der Waals surface area contributed by atoms with Gasteiger partial charge in [-0.15, -0.1) is 11.3 Å². The summed E-state index contributed by atoms with van der Waals surface area (Å²) < 4.78 is 12.7. The van der Waals surface area contributed by atoms with Crippen LogP contribution in [0.1, 0.15) is 25.9 Å². The van der Waals surface area contributed by atoms with Gasteiger partial charge in [-0.1, -0.05) is 12.1 Å². The Morgan fingerprint density at radius 2 is 2.00 bits per heavy atom. The number of carbonyl (C=O) groups is 1. The van der Waals surface area contributed by atoms with Crippen LogP contribution in [0.25, 0.3) is 0 Å². The zero-order chi connectivity index (χ0) is 13.1. The Hall–Kier alpha value is -1.75. The average molecular weight is 265 g/mol. The highest BCUT2D eigenvalue weighted by Gasteiger charge is 2.15. The van der Waals surface area contributed by atoms with Crippen LogP contribution in [0.15, 0.2) is 24.3 Å². The van der Waals surface area contributed by atoms with Gasteiger partial charge < -0.3 is 5.11 Å². The maximum Gasteiger partial charge on any atom is 0.347 e. The Morgan fingerprint density at radius 1 is 1.33 bits per heavy atom. The summed E-state index contributed by atoms with van der Waals surface area (Å²) in [6.45, 7) is 1.79. The van der Waals surface area contributed by atoms with Gasteiger partial charge in [0.15, 0.2) is 0 Å². The first-order valence-corrected chi connectivity index (χ1v) is 6.32. The van der Waals surface area contributed by atoms with Crippen LogP contribution in [0.2, 0.25) is 0 Å². The van der Waals surface area contributed by atoms with E-state index in [2.05, 4.69) is 4.98 Å². The smallest absolute Gasteiger partial charge is 0.347 e. The van der Waals surface area contributed by atoms with E-state index in [0.29, 0.717) is 23.4 Å². The summed E-state index contributed by atoms with van der Waals surface area (Å²) in [7, 11) is 0. The average Bonchev–Trinajstić information content (AvgIpc) is 2.70. The molecule has 0 bridgehead atoms. The van der Waals surface area contributed by atoms with E-state index >= 15 is 0 Å². The fraction of sp³-hybridized carbons (Fsp3) is 0.231. The van der Waals surface area contributed by atoms with E-state index < -0.39 is 5.97 Å². The number of thiazole rings is 1. The van der Waals surface area contributed by atoms with E-state index in [-0.39, 0.29) is 5.82 Å². The SMILES string of the molecule is Cc1nc(CCc2ccc(F)cc2)c(C(=O)O)s1. The number of hydrogen-bond acceptors (Lipinski definition) is 3. The monoisotopic (exact) mass is 265 g/mol. The maximum absolute atomic E-state index is 12.7. The molecule has 0 saturated heterocycles. The summed E-state index contributed by atoms with van der Waals surface area (Å²) in [6.07, 6.45) is 1.21. The molecule has 1 aromatic carbocycles. The van der Waals surface area contributed by atoms with Crippen molar-refractivity contribution in [2.75, 3.05) is 0 Å². The van der Waals surface area contributed by atoms with Crippen molar-refractivity contribution >= 4 is 17.3 Å². The zero-order valence-corrected chi connectivity index (χ0v) is 10.6. The molecule has 18 heavy (non-hydrogen) atoms. The number of halogens is 1. The topological polar surface area (TPSA) is 50.2 Å². The lowest BCUT2D eigenvalue weighted by Crippen LogP contribution is -2.01. The van der Waals surface area contributed by atoms with Gasteiger partial charge in [-0.05, 0) is 37.5 Å². The van der Waals surface area contributed by atoms with E-state index in [4.69, 9.17) is 5.11 Å². The largest absolute Gasteiger partial charge is 0.477 e. The minimum atomic E-state index is -0.935. The van der Waals surface area contributed by atoms with Gasteiger partial charge in [0.2, 0.25) is 0 Å². The molecule has 0 atom stereocenters. The summed E-state index contributed by atoms with van der Waals surface area (Å²) in [6, 6.07) is 6.21. The van der Waals surface area contributed by atoms with E-state index in [1.54, 1.807) is 19.1 Å². The molecule has 0 radical (unpaired) electrons. The van der Waals surface area contributed by atoms with Crippen LogP contribution in [0, 0.1) is 12.7 Å². The third kappa shape index (κ3) is 2.92. The van der Waals surface area contributed by atoms with Gasteiger partial charge >= 0.3 is 5.97 Å². The molecule has 2 aromatic rings. The van der Waals surface area contributed by atoms with Gasteiger partial charge in [0.05, 0.1) is 10.7 Å².